The van der Waals surface area contributed by atoms with Crippen LogP contribution in [-0.2, 0) is 9.53 Å². The van der Waals surface area contributed by atoms with Crippen molar-refractivity contribution in [2.45, 2.75) is 63.2 Å². The minimum atomic E-state index is -0.468. The number of hydrogen-bond acceptors (Lipinski definition) is 4. The second kappa shape index (κ2) is 10.8. The summed E-state index contributed by atoms with van der Waals surface area (Å²) in [6.45, 7) is 0.401. The molecule has 29 heavy (non-hydrogen) atoms. The Kier molecular flexibility index (Phi) is 8.15. The Morgan fingerprint density at radius 3 is 2.69 bits per heavy atom. The highest BCUT2D eigenvalue weighted by Gasteiger charge is 2.32. The molecule has 0 spiro atoms. The molecule has 0 radical (unpaired) electrons. The minimum Gasteiger partial charge on any atom is -0.394 e. The largest absolute Gasteiger partial charge is 0.394 e. The number of anilines is 1. The van der Waals surface area contributed by atoms with E-state index in [1.807, 2.05) is 0 Å². The van der Waals surface area contributed by atoms with E-state index in [1.54, 1.807) is 24.3 Å². The van der Waals surface area contributed by atoms with Crippen molar-refractivity contribution in [3.05, 3.63) is 29.3 Å². The molecule has 1 saturated carbocycles. The van der Waals surface area contributed by atoms with E-state index in [1.165, 1.54) is 0 Å². The molecular weight excluding hydrogens is 394 g/mol. The van der Waals surface area contributed by atoms with Crippen molar-refractivity contribution >= 4 is 29.2 Å². The van der Waals surface area contributed by atoms with Crippen LogP contribution in [-0.4, -0.2) is 48.4 Å². The standard InChI is InChI=1S/C21H30ClN3O4/c22-15-6-3-7-16(12-15)24-21(28)25-18-9-8-17(29-19(18)13-26)10-11-23-20(27)14-4-1-2-5-14/h3,6-7,12,14,17-19,26H,1-2,4-5,8-11,13H2,(H,23,27)(H2,24,25,28)/t17-,18-,19-/m0/s1. The molecule has 3 atom stereocenters. The summed E-state index contributed by atoms with van der Waals surface area (Å²) in [6.07, 6.45) is 5.92. The Labute approximate surface area is 176 Å². The van der Waals surface area contributed by atoms with E-state index < -0.39 is 6.10 Å². The summed E-state index contributed by atoms with van der Waals surface area (Å²) in [5.41, 5.74) is 0.600. The normalized spacial score (nSPS) is 24.8. The molecule has 0 unspecified atom stereocenters. The number of halogens is 1. The number of nitrogens with one attached hydrogen (secondary N) is 3. The van der Waals surface area contributed by atoms with Crippen LogP contribution in [0.5, 0.6) is 0 Å². The maximum Gasteiger partial charge on any atom is 0.319 e. The van der Waals surface area contributed by atoms with Crippen LogP contribution in [0.3, 0.4) is 0 Å². The van der Waals surface area contributed by atoms with E-state index in [9.17, 15) is 14.7 Å². The molecule has 8 heteroatoms. The molecule has 1 saturated heterocycles. The monoisotopic (exact) mass is 423 g/mol. The fourth-order valence-corrected chi connectivity index (χ4v) is 4.29. The van der Waals surface area contributed by atoms with Crippen LogP contribution in [0.2, 0.25) is 5.02 Å². The number of carbonyl (C=O) groups excluding carboxylic acids is 2. The molecular formula is C21H30ClN3O4. The van der Waals surface area contributed by atoms with E-state index in [4.69, 9.17) is 16.3 Å². The molecule has 3 amide bonds. The number of carbonyl (C=O) groups is 2. The second-order valence-corrected chi connectivity index (χ2v) is 8.27. The summed E-state index contributed by atoms with van der Waals surface area (Å²) in [7, 11) is 0. The highest BCUT2D eigenvalue weighted by Crippen LogP contribution is 2.25. The van der Waals surface area contributed by atoms with Gasteiger partial charge in [0.05, 0.1) is 18.8 Å². The number of hydrogen-bond donors (Lipinski definition) is 4. The number of aliphatic hydroxyl groups excluding tert-OH is 1. The highest BCUT2D eigenvalue weighted by atomic mass is 35.5. The molecule has 2 aliphatic rings. The van der Waals surface area contributed by atoms with Gasteiger partial charge < -0.3 is 25.8 Å². The van der Waals surface area contributed by atoms with Gasteiger partial charge in [0.2, 0.25) is 5.91 Å². The molecule has 0 aromatic heterocycles. The molecule has 1 aliphatic heterocycles. The van der Waals surface area contributed by atoms with Crippen LogP contribution >= 0.6 is 11.6 Å². The highest BCUT2D eigenvalue weighted by molar-refractivity contribution is 6.30. The average Bonchev–Trinajstić information content (AvgIpc) is 3.24. The van der Waals surface area contributed by atoms with Crippen molar-refractivity contribution < 1.29 is 19.4 Å². The first kappa shape index (κ1) is 21.9. The lowest BCUT2D eigenvalue weighted by Crippen LogP contribution is -2.52. The van der Waals surface area contributed by atoms with Crippen LogP contribution < -0.4 is 16.0 Å². The fraction of sp³-hybridized carbons (Fsp3) is 0.619. The first-order valence-electron chi connectivity index (χ1n) is 10.4. The summed E-state index contributed by atoms with van der Waals surface area (Å²) in [5, 5.41) is 18.9. The third kappa shape index (κ3) is 6.59. The summed E-state index contributed by atoms with van der Waals surface area (Å²) < 4.78 is 5.96. The Balaban J connectivity index is 1.40. The maximum atomic E-state index is 12.3. The third-order valence-electron chi connectivity index (χ3n) is 5.69. The first-order chi connectivity index (χ1) is 14.0. The maximum absolute atomic E-state index is 12.3. The van der Waals surface area contributed by atoms with Gasteiger partial charge in [-0.3, -0.25) is 4.79 Å². The molecule has 1 aliphatic carbocycles. The Bertz CT molecular complexity index is 696. The van der Waals surface area contributed by atoms with Crippen molar-refractivity contribution in [2.75, 3.05) is 18.5 Å². The topological polar surface area (TPSA) is 99.7 Å². The van der Waals surface area contributed by atoms with Crippen molar-refractivity contribution in [3.8, 4) is 0 Å². The molecule has 160 valence electrons. The quantitative estimate of drug-likeness (QED) is 0.541. The van der Waals surface area contributed by atoms with Gasteiger partial charge in [-0.25, -0.2) is 4.79 Å². The Hall–Kier alpha value is -1.83. The van der Waals surface area contributed by atoms with Crippen molar-refractivity contribution in [3.63, 3.8) is 0 Å². The lowest BCUT2D eigenvalue weighted by molar-refractivity contribution is -0.125. The summed E-state index contributed by atoms with van der Waals surface area (Å²) in [4.78, 5) is 24.4. The number of rotatable bonds is 7. The van der Waals surface area contributed by atoms with Crippen LogP contribution in [0.4, 0.5) is 10.5 Å². The minimum absolute atomic E-state index is 0.0370. The first-order valence-corrected chi connectivity index (χ1v) is 10.8. The lowest BCUT2D eigenvalue weighted by atomic mass is 9.97. The van der Waals surface area contributed by atoms with Gasteiger partial charge in [0, 0.05) is 23.2 Å². The van der Waals surface area contributed by atoms with Crippen LogP contribution in [0.25, 0.3) is 0 Å². The second-order valence-electron chi connectivity index (χ2n) is 7.83. The fourth-order valence-electron chi connectivity index (χ4n) is 4.10. The summed E-state index contributed by atoms with van der Waals surface area (Å²) in [5.74, 6) is 0.313. The molecule has 3 rings (SSSR count). The molecule has 0 bridgehead atoms. The van der Waals surface area contributed by atoms with Gasteiger partial charge in [-0.05, 0) is 50.3 Å². The average molecular weight is 424 g/mol. The molecule has 1 aromatic carbocycles. The molecule has 4 N–H and O–H groups in total. The zero-order valence-corrected chi connectivity index (χ0v) is 17.3. The Morgan fingerprint density at radius 1 is 1.17 bits per heavy atom. The van der Waals surface area contributed by atoms with E-state index in [2.05, 4.69) is 16.0 Å². The summed E-state index contributed by atoms with van der Waals surface area (Å²) >= 11 is 5.93. The lowest BCUT2D eigenvalue weighted by Gasteiger charge is -2.36. The number of ether oxygens (including phenoxy) is 1. The SMILES string of the molecule is O=C(Nc1cccc(Cl)c1)N[C@H]1CC[C@@H](CCNC(=O)C2CCCC2)O[C@H]1CO. The van der Waals surface area contributed by atoms with Gasteiger partial charge >= 0.3 is 6.03 Å². The smallest absolute Gasteiger partial charge is 0.319 e. The van der Waals surface area contributed by atoms with E-state index >= 15 is 0 Å². The Morgan fingerprint density at radius 2 is 1.97 bits per heavy atom. The number of urea groups is 1. The zero-order chi connectivity index (χ0) is 20.6. The van der Waals surface area contributed by atoms with Crippen LogP contribution in [0.15, 0.2) is 24.3 Å². The third-order valence-corrected chi connectivity index (χ3v) is 5.92. The van der Waals surface area contributed by atoms with E-state index in [0.29, 0.717) is 30.1 Å². The number of benzene rings is 1. The van der Waals surface area contributed by atoms with Gasteiger partial charge in [-0.1, -0.05) is 30.5 Å². The molecule has 1 aromatic rings. The van der Waals surface area contributed by atoms with Crippen molar-refractivity contribution in [1.29, 1.82) is 0 Å². The van der Waals surface area contributed by atoms with Gasteiger partial charge in [0.15, 0.2) is 0 Å². The van der Waals surface area contributed by atoms with Crippen molar-refractivity contribution in [2.24, 2.45) is 5.92 Å². The van der Waals surface area contributed by atoms with Gasteiger partial charge in [-0.15, -0.1) is 0 Å². The molecule has 7 nitrogen and oxygen atoms in total. The predicted octanol–water partition coefficient (Wildman–Crippen LogP) is 3.07. The van der Waals surface area contributed by atoms with Gasteiger partial charge in [0.1, 0.15) is 6.10 Å². The molecule has 2 fully saturated rings. The predicted molar refractivity (Wildman–Crippen MR) is 112 cm³/mol. The summed E-state index contributed by atoms with van der Waals surface area (Å²) in [6, 6.07) is 6.27. The van der Waals surface area contributed by atoms with Crippen LogP contribution in [0.1, 0.15) is 44.9 Å². The zero-order valence-electron chi connectivity index (χ0n) is 16.5. The molecule has 1 heterocycles. The van der Waals surface area contributed by atoms with Crippen LogP contribution in [0, 0.1) is 5.92 Å². The van der Waals surface area contributed by atoms with E-state index in [-0.39, 0.29) is 36.6 Å². The van der Waals surface area contributed by atoms with Gasteiger partial charge in [-0.2, -0.15) is 0 Å². The van der Waals surface area contributed by atoms with Gasteiger partial charge in [0.25, 0.3) is 0 Å². The number of aliphatic hydroxyl groups is 1. The van der Waals surface area contributed by atoms with E-state index in [0.717, 1.165) is 32.1 Å². The van der Waals surface area contributed by atoms with Crippen molar-refractivity contribution in [1.82, 2.24) is 10.6 Å². The number of amides is 3.